The van der Waals surface area contributed by atoms with Crippen molar-refractivity contribution in [3.8, 4) is 0 Å². The van der Waals surface area contributed by atoms with E-state index in [9.17, 15) is 8.42 Å². The molecule has 0 spiro atoms. The second-order valence-electron chi connectivity index (χ2n) is 5.92. The van der Waals surface area contributed by atoms with E-state index in [1.807, 2.05) is 17.3 Å². The standard InChI is InChI=1S/C15H20BrNO2S/c1-11-10-14(8-9-15(11)16)20(18,19)17(13-6-7-13)12-4-2-3-5-12/h8-10,12-13H,2-7H2,1H3. The maximum Gasteiger partial charge on any atom is 0.243 e. The average molecular weight is 358 g/mol. The van der Waals surface area contributed by atoms with Crippen molar-refractivity contribution in [2.24, 2.45) is 0 Å². The Hall–Kier alpha value is -0.390. The summed E-state index contributed by atoms with van der Waals surface area (Å²) in [5.41, 5.74) is 0.966. The van der Waals surface area contributed by atoms with Crippen LogP contribution < -0.4 is 0 Å². The fourth-order valence-corrected chi connectivity index (χ4v) is 5.34. The van der Waals surface area contributed by atoms with Gasteiger partial charge in [0.2, 0.25) is 10.0 Å². The number of nitrogens with zero attached hydrogens (tertiary/aromatic N) is 1. The normalized spacial score (nSPS) is 20.8. The number of hydrogen-bond donors (Lipinski definition) is 0. The molecule has 20 heavy (non-hydrogen) atoms. The van der Waals surface area contributed by atoms with E-state index in [1.165, 1.54) is 0 Å². The van der Waals surface area contributed by atoms with Crippen molar-refractivity contribution in [1.82, 2.24) is 4.31 Å². The second kappa shape index (κ2) is 5.43. The third-order valence-corrected chi connectivity index (χ3v) is 7.19. The molecule has 1 aromatic carbocycles. The molecule has 0 saturated heterocycles. The zero-order valence-corrected chi connectivity index (χ0v) is 14.1. The van der Waals surface area contributed by atoms with E-state index in [0.717, 1.165) is 48.6 Å². The van der Waals surface area contributed by atoms with Crippen molar-refractivity contribution in [2.45, 2.75) is 62.4 Å². The zero-order chi connectivity index (χ0) is 14.3. The number of aryl methyl sites for hydroxylation is 1. The first-order valence-corrected chi connectivity index (χ1v) is 9.53. The lowest BCUT2D eigenvalue weighted by atomic mass is 10.2. The lowest BCUT2D eigenvalue weighted by Gasteiger charge is -2.28. The first-order valence-electron chi connectivity index (χ1n) is 7.30. The molecular formula is C15H20BrNO2S. The largest absolute Gasteiger partial charge is 0.243 e. The molecular weight excluding hydrogens is 338 g/mol. The molecule has 2 aliphatic rings. The molecule has 0 bridgehead atoms. The molecule has 3 rings (SSSR count). The van der Waals surface area contributed by atoms with Crippen molar-refractivity contribution in [1.29, 1.82) is 0 Å². The predicted octanol–water partition coefficient (Wildman–Crippen LogP) is 3.85. The summed E-state index contributed by atoms with van der Waals surface area (Å²) < 4.78 is 28.7. The minimum Gasteiger partial charge on any atom is -0.207 e. The third-order valence-electron chi connectivity index (χ3n) is 4.30. The Morgan fingerprint density at radius 3 is 2.25 bits per heavy atom. The quantitative estimate of drug-likeness (QED) is 0.820. The van der Waals surface area contributed by atoms with Gasteiger partial charge in [-0.3, -0.25) is 0 Å². The van der Waals surface area contributed by atoms with Gasteiger partial charge in [-0.05, 0) is 56.4 Å². The maximum absolute atomic E-state index is 13.0. The summed E-state index contributed by atoms with van der Waals surface area (Å²) in [6, 6.07) is 5.80. The molecule has 0 radical (unpaired) electrons. The van der Waals surface area contributed by atoms with Gasteiger partial charge in [-0.25, -0.2) is 8.42 Å². The van der Waals surface area contributed by atoms with Crippen LogP contribution in [0.4, 0.5) is 0 Å². The molecule has 0 unspecified atom stereocenters. The Balaban J connectivity index is 1.97. The molecule has 0 aliphatic heterocycles. The van der Waals surface area contributed by atoms with E-state index >= 15 is 0 Å². The Morgan fingerprint density at radius 1 is 1.10 bits per heavy atom. The number of benzene rings is 1. The van der Waals surface area contributed by atoms with Gasteiger partial charge in [0.1, 0.15) is 0 Å². The minimum atomic E-state index is -3.35. The molecule has 110 valence electrons. The molecule has 0 heterocycles. The van der Waals surface area contributed by atoms with Gasteiger partial charge in [0.25, 0.3) is 0 Å². The monoisotopic (exact) mass is 357 g/mol. The fourth-order valence-electron chi connectivity index (χ4n) is 3.08. The van der Waals surface area contributed by atoms with E-state index in [-0.39, 0.29) is 12.1 Å². The minimum absolute atomic E-state index is 0.219. The van der Waals surface area contributed by atoms with Gasteiger partial charge in [-0.2, -0.15) is 4.31 Å². The summed E-state index contributed by atoms with van der Waals surface area (Å²) in [6.07, 6.45) is 6.39. The Bertz CT molecular complexity index is 604. The highest BCUT2D eigenvalue weighted by atomic mass is 79.9. The van der Waals surface area contributed by atoms with Gasteiger partial charge in [-0.1, -0.05) is 28.8 Å². The van der Waals surface area contributed by atoms with Crippen molar-refractivity contribution >= 4 is 26.0 Å². The van der Waals surface area contributed by atoms with E-state index in [2.05, 4.69) is 15.9 Å². The maximum atomic E-state index is 13.0. The van der Waals surface area contributed by atoms with Crippen LogP contribution in [-0.4, -0.2) is 24.8 Å². The van der Waals surface area contributed by atoms with Crippen molar-refractivity contribution < 1.29 is 8.42 Å². The Labute approximate surface area is 129 Å². The first-order chi connectivity index (χ1) is 9.50. The van der Waals surface area contributed by atoms with Gasteiger partial charge in [0.15, 0.2) is 0 Å². The molecule has 0 aromatic heterocycles. The van der Waals surface area contributed by atoms with Crippen LogP contribution in [-0.2, 0) is 10.0 Å². The highest BCUT2D eigenvalue weighted by molar-refractivity contribution is 9.10. The second-order valence-corrected chi connectivity index (χ2v) is 8.61. The number of halogens is 1. The summed E-state index contributed by atoms with van der Waals surface area (Å²) >= 11 is 3.43. The summed E-state index contributed by atoms with van der Waals surface area (Å²) in [5, 5.41) is 0. The summed E-state index contributed by atoms with van der Waals surface area (Å²) in [7, 11) is -3.35. The molecule has 0 amide bonds. The molecule has 2 fully saturated rings. The number of rotatable bonds is 4. The molecule has 1 aromatic rings. The fraction of sp³-hybridized carbons (Fsp3) is 0.600. The van der Waals surface area contributed by atoms with Crippen LogP contribution in [0.25, 0.3) is 0 Å². The molecule has 3 nitrogen and oxygen atoms in total. The van der Waals surface area contributed by atoms with Gasteiger partial charge < -0.3 is 0 Å². The van der Waals surface area contributed by atoms with Crippen LogP contribution in [0, 0.1) is 6.92 Å². The highest BCUT2D eigenvalue weighted by Gasteiger charge is 2.43. The van der Waals surface area contributed by atoms with Gasteiger partial charge in [0, 0.05) is 16.6 Å². The molecule has 5 heteroatoms. The van der Waals surface area contributed by atoms with Crippen LogP contribution in [0.15, 0.2) is 27.6 Å². The smallest absolute Gasteiger partial charge is 0.207 e. The third kappa shape index (κ3) is 2.68. The summed E-state index contributed by atoms with van der Waals surface area (Å²) in [6.45, 7) is 1.93. The van der Waals surface area contributed by atoms with Crippen LogP contribution in [0.1, 0.15) is 44.1 Å². The Kier molecular flexibility index (Phi) is 3.95. The van der Waals surface area contributed by atoms with E-state index in [4.69, 9.17) is 0 Å². The van der Waals surface area contributed by atoms with Crippen LogP contribution in [0.5, 0.6) is 0 Å². The lowest BCUT2D eigenvalue weighted by Crippen LogP contribution is -2.40. The topological polar surface area (TPSA) is 37.4 Å². The highest BCUT2D eigenvalue weighted by Crippen LogP contribution is 2.39. The molecule has 2 saturated carbocycles. The van der Waals surface area contributed by atoms with Gasteiger partial charge in [0.05, 0.1) is 4.90 Å². The van der Waals surface area contributed by atoms with Crippen molar-refractivity contribution in [3.63, 3.8) is 0 Å². The van der Waals surface area contributed by atoms with Crippen LogP contribution in [0.3, 0.4) is 0 Å². The first kappa shape index (κ1) is 14.5. The van der Waals surface area contributed by atoms with Gasteiger partial charge in [-0.15, -0.1) is 0 Å². The summed E-state index contributed by atoms with van der Waals surface area (Å²) in [4.78, 5) is 0.442. The molecule has 0 atom stereocenters. The summed E-state index contributed by atoms with van der Waals surface area (Å²) in [5.74, 6) is 0. The number of sulfonamides is 1. The molecule has 0 N–H and O–H groups in total. The van der Waals surface area contributed by atoms with E-state index < -0.39 is 10.0 Å². The average Bonchev–Trinajstić information content (AvgIpc) is 3.07. The van der Waals surface area contributed by atoms with E-state index in [1.54, 1.807) is 12.1 Å². The zero-order valence-electron chi connectivity index (χ0n) is 11.7. The van der Waals surface area contributed by atoms with E-state index in [0.29, 0.717) is 4.90 Å². The Morgan fingerprint density at radius 2 is 1.70 bits per heavy atom. The SMILES string of the molecule is Cc1cc(S(=O)(=O)N(C2CCCC2)C2CC2)ccc1Br. The molecule has 2 aliphatic carbocycles. The lowest BCUT2D eigenvalue weighted by molar-refractivity contribution is 0.314. The van der Waals surface area contributed by atoms with Crippen LogP contribution in [0.2, 0.25) is 0 Å². The van der Waals surface area contributed by atoms with Gasteiger partial charge >= 0.3 is 0 Å². The van der Waals surface area contributed by atoms with Crippen molar-refractivity contribution in [3.05, 3.63) is 28.2 Å². The number of hydrogen-bond acceptors (Lipinski definition) is 2. The van der Waals surface area contributed by atoms with Crippen LogP contribution >= 0.6 is 15.9 Å². The van der Waals surface area contributed by atoms with Crippen molar-refractivity contribution in [2.75, 3.05) is 0 Å². The predicted molar refractivity (Wildman–Crippen MR) is 83.2 cm³/mol.